The smallest absolute Gasteiger partial charge is 0.214 e. The van der Waals surface area contributed by atoms with Gasteiger partial charge < -0.3 is 15.7 Å². The van der Waals surface area contributed by atoms with E-state index in [-0.39, 0.29) is 24.3 Å². The molecule has 0 saturated heterocycles. The molecule has 7 nitrogen and oxygen atoms in total. The summed E-state index contributed by atoms with van der Waals surface area (Å²) in [6.45, 7) is 3.81. The lowest BCUT2D eigenvalue weighted by Gasteiger charge is -2.28. The summed E-state index contributed by atoms with van der Waals surface area (Å²) in [5.74, 6) is -0.204. The van der Waals surface area contributed by atoms with Gasteiger partial charge in [0.25, 0.3) is 0 Å². The Bertz CT molecular complexity index is 414. The van der Waals surface area contributed by atoms with Gasteiger partial charge in [0.1, 0.15) is 0 Å². The fourth-order valence-electron chi connectivity index (χ4n) is 2.23. The van der Waals surface area contributed by atoms with Crippen LogP contribution in [0.1, 0.15) is 39.5 Å². The van der Waals surface area contributed by atoms with Crippen molar-refractivity contribution in [2.45, 2.75) is 51.2 Å². The average Bonchev–Trinajstić information content (AvgIpc) is 2.76. The van der Waals surface area contributed by atoms with E-state index in [2.05, 4.69) is 9.88 Å². The van der Waals surface area contributed by atoms with Gasteiger partial charge in [-0.2, -0.15) is 0 Å². The summed E-state index contributed by atoms with van der Waals surface area (Å²) in [4.78, 5) is 0. The van der Waals surface area contributed by atoms with Crippen molar-refractivity contribution in [3.63, 3.8) is 0 Å². The Morgan fingerprint density at radius 1 is 1.47 bits per heavy atom. The Labute approximate surface area is 114 Å². The van der Waals surface area contributed by atoms with Crippen molar-refractivity contribution in [3.8, 4) is 0 Å². The van der Waals surface area contributed by atoms with E-state index < -0.39 is 15.6 Å². The Morgan fingerprint density at radius 2 is 2.05 bits per heavy atom. The first-order valence-electron chi connectivity index (χ1n) is 6.42. The third-order valence-corrected chi connectivity index (χ3v) is 4.62. The number of hydrogen-bond donors (Lipinski definition) is 3. The first-order valence-corrected chi connectivity index (χ1v) is 8.08. The molecule has 1 fully saturated rings. The average molecular weight is 293 g/mol. The molecule has 0 heterocycles. The van der Waals surface area contributed by atoms with Crippen LogP contribution in [0.25, 0.3) is 0 Å². The number of amidine groups is 1. The van der Waals surface area contributed by atoms with E-state index >= 15 is 0 Å². The zero-order chi connectivity index (χ0) is 14.5. The zero-order valence-corrected chi connectivity index (χ0v) is 12.2. The summed E-state index contributed by atoms with van der Waals surface area (Å²) in [5.41, 5.74) is 4.70. The van der Waals surface area contributed by atoms with Crippen LogP contribution in [-0.4, -0.2) is 43.5 Å². The van der Waals surface area contributed by atoms with Gasteiger partial charge in [0.2, 0.25) is 10.0 Å². The Morgan fingerprint density at radius 3 is 2.53 bits per heavy atom. The zero-order valence-electron chi connectivity index (χ0n) is 11.4. The molecule has 0 amide bonds. The maximum absolute atomic E-state index is 12.0. The quantitative estimate of drug-likeness (QED) is 0.272. The van der Waals surface area contributed by atoms with Gasteiger partial charge in [0.15, 0.2) is 5.84 Å². The lowest BCUT2D eigenvalue weighted by atomic mass is 9.98. The second-order valence-electron chi connectivity index (χ2n) is 5.11. The summed E-state index contributed by atoms with van der Waals surface area (Å²) < 4.78 is 31.8. The van der Waals surface area contributed by atoms with Gasteiger partial charge in [-0.05, 0) is 26.7 Å². The minimum Gasteiger partial charge on any atom is -0.409 e. The van der Waals surface area contributed by atoms with Crippen LogP contribution in [0.2, 0.25) is 0 Å². The predicted octanol–water partition coefficient (Wildman–Crippen LogP) is 0.390. The highest BCUT2D eigenvalue weighted by Gasteiger charge is 2.41. The van der Waals surface area contributed by atoms with Gasteiger partial charge in [-0.15, -0.1) is 0 Å². The van der Waals surface area contributed by atoms with Crippen molar-refractivity contribution in [2.75, 3.05) is 12.4 Å². The number of sulfonamides is 1. The predicted molar refractivity (Wildman–Crippen MR) is 72.6 cm³/mol. The van der Waals surface area contributed by atoms with E-state index in [1.165, 1.54) is 0 Å². The van der Waals surface area contributed by atoms with E-state index in [4.69, 9.17) is 15.7 Å². The van der Waals surface area contributed by atoms with E-state index in [1.54, 1.807) is 0 Å². The number of oxime groups is 1. The topological polar surface area (TPSA) is 114 Å². The summed E-state index contributed by atoms with van der Waals surface area (Å²) in [6, 6.07) is 0. The van der Waals surface area contributed by atoms with Gasteiger partial charge in [-0.25, -0.2) is 13.1 Å². The van der Waals surface area contributed by atoms with E-state index in [1.807, 2.05) is 13.8 Å². The van der Waals surface area contributed by atoms with Crippen LogP contribution >= 0.6 is 0 Å². The summed E-state index contributed by atoms with van der Waals surface area (Å²) in [6.07, 6.45) is 2.78. The van der Waals surface area contributed by atoms with E-state index in [0.29, 0.717) is 12.8 Å². The van der Waals surface area contributed by atoms with E-state index in [0.717, 1.165) is 12.8 Å². The maximum atomic E-state index is 12.0. The van der Waals surface area contributed by atoms with Crippen molar-refractivity contribution in [1.82, 2.24) is 4.72 Å². The minimum atomic E-state index is -3.52. The van der Waals surface area contributed by atoms with Gasteiger partial charge in [0.05, 0.1) is 24.0 Å². The Balaban J connectivity index is 2.69. The van der Waals surface area contributed by atoms with Crippen LogP contribution in [0, 0.1) is 0 Å². The van der Waals surface area contributed by atoms with Crippen molar-refractivity contribution in [1.29, 1.82) is 0 Å². The van der Waals surface area contributed by atoms with Gasteiger partial charge in [-0.3, -0.25) is 0 Å². The highest BCUT2D eigenvalue weighted by molar-refractivity contribution is 7.89. The molecule has 0 aliphatic heterocycles. The van der Waals surface area contributed by atoms with Crippen LogP contribution in [0.15, 0.2) is 5.16 Å². The molecular formula is C11H23N3O4S. The molecule has 112 valence electrons. The van der Waals surface area contributed by atoms with Crippen molar-refractivity contribution in [2.24, 2.45) is 10.9 Å². The fourth-order valence-corrected chi connectivity index (χ4v) is 3.55. The molecule has 1 saturated carbocycles. The summed E-state index contributed by atoms with van der Waals surface area (Å²) in [5, 5.41) is 11.8. The fraction of sp³-hybridized carbons (Fsp3) is 0.909. The van der Waals surface area contributed by atoms with Crippen molar-refractivity contribution in [3.05, 3.63) is 0 Å². The van der Waals surface area contributed by atoms with E-state index in [9.17, 15) is 8.42 Å². The van der Waals surface area contributed by atoms with Crippen LogP contribution < -0.4 is 10.5 Å². The number of ether oxygens (including phenoxy) is 1. The second-order valence-corrected chi connectivity index (χ2v) is 6.96. The molecule has 0 atom stereocenters. The van der Waals surface area contributed by atoms with Crippen molar-refractivity contribution >= 4 is 15.9 Å². The molecule has 0 aromatic carbocycles. The number of hydrogen-bond acceptors (Lipinski definition) is 5. The van der Waals surface area contributed by atoms with Gasteiger partial charge >= 0.3 is 0 Å². The third-order valence-electron chi connectivity index (χ3n) is 3.21. The molecular weight excluding hydrogens is 270 g/mol. The number of nitrogens with two attached hydrogens (primary N) is 1. The van der Waals surface area contributed by atoms with Gasteiger partial charge in [-0.1, -0.05) is 18.0 Å². The molecule has 19 heavy (non-hydrogen) atoms. The number of nitrogens with zero attached hydrogens (tertiary/aromatic N) is 1. The van der Waals surface area contributed by atoms with Crippen LogP contribution in [0.3, 0.4) is 0 Å². The van der Waals surface area contributed by atoms with Crippen LogP contribution in [0.4, 0.5) is 0 Å². The molecule has 0 unspecified atom stereocenters. The molecule has 8 heteroatoms. The first kappa shape index (κ1) is 16.2. The molecule has 1 rings (SSSR count). The number of nitrogens with one attached hydrogen (secondary N) is 1. The lowest BCUT2D eigenvalue weighted by molar-refractivity contribution is 0.0911. The molecule has 4 N–H and O–H groups in total. The first-order chi connectivity index (χ1) is 8.81. The van der Waals surface area contributed by atoms with Gasteiger partial charge in [0, 0.05) is 0 Å². The minimum absolute atomic E-state index is 0.0142. The molecule has 1 aliphatic carbocycles. The normalized spacial score (nSPS) is 20.1. The third kappa shape index (κ3) is 4.63. The summed E-state index contributed by atoms with van der Waals surface area (Å²) in [7, 11) is -3.52. The Kier molecular flexibility index (Phi) is 5.57. The van der Waals surface area contributed by atoms with Crippen LogP contribution in [0.5, 0.6) is 0 Å². The monoisotopic (exact) mass is 293 g/mol. The molecule has 0 bridgehead atoms. The Hall–Kier alpha value is -0.860. The standard InChI is InChI=1S/C11H23N3O4S/c1-9(2)18-7-8-19(16,17)14-11(10(12)13-15)5-3-4-6-11/h9,14-15H,3-8H2,1-2H3,(H2,12,13). The number of rotatable bonds is 7. The largest absolute Gasteiger partial charge is 0.409 e. The second kappa shape index (κ2) is 6.53. The lowest BCUT2D eigenvalue weighted by Crippen LogP contribution is -2.56. The molecule has 0 aromatic heterocycles. The highest BCUT2D eigenvalue weighted by Crippen LogP contribution is 2.30. The SMILES string of the molecule is CC(C)OCCS(=O)(=O)NC1(C(N)=NO)CCCC1. The molecule has 0 aromatic rings. The van der Waals surface area contributed by atoms with Crippen molar-refractivity contribution < 1.29 is 18.4 Å². The molecule has 0 spiro atoms. The highest BCUT2D eigenvalue weighted by atomic mass is 32.2. The molecule has 1 aliphatic rings. The summed E-state index contributed by atoms with van der Waals surface area (Å²) >= 11 is 0. The maximum Gasteiger partial charge on any atom is 0.214 e. The molecule has 0 radical (unpaired) electrons. The van der Waals surface area contributed by atoms with Crippen LogP contribution in [-0.2, 0) is 14.8 Å².